The van der Waals surface area contributed by atoms with Gasteiger partial charge >= 0.3 is 6.18 Å². The van der Waals surface area contributed by atoms with Crippen molar-refractivity contribution in [1.29, 1.82) is 0 Å². The van der Waals surface area contributed by atoms with Gasteiger partial charge in [0.15, 0.2) is 5.82 Å². The van der Waals surface area contributed by atoms with Crippen molar-refractivity contribution in [2.75, 3.05) is 0 Å². The SMILES string of the molecule is CC(C)(C)c1cnc(S(=O)(=O)Cc2nnnn2-c2ccc(C(F)(F)F)cc2)s1. The van der Waals surface area contributed by atoms with Gasteiger partial charge in [0, 0.05) is 11.1 Å². The summed E-state index contributed by atoms with van der Waals surface area (Å²) in [5, 5.41) is 10.9. The van der Waals surface area contributed by atoms with Gasteiger partial charge in [-0.3, -0.25) is 0 Å². The second-order valence-electron chi connectivity index (χ2n) is 7.05. The quantitative estimate of drug-likeness (QED) is 0.629. The summed E-state index contributed by atoms with van der Waals surface area (Å²) in [6.07, 6.45) is -2.95. The zero-order chi connectivity index (χ0) is 20.7. The highest BCUT2D eigenvalue weighted by molar-refractivity contribution is 7.92. The van der Waals surface area contributed by atoms with Crippen molar-refractivity contribution in [3.05, 3.63) is 46.7 Å². The number of thiazole rings is 1. The van der Waals surface area contributed by atoms with Gasteiger partial charge in [0.1, 0.15) is 5.75 Å². The highest BCUT2D eigenvalue weighted by Gasteiger charge is 2.30. The fourth-order valence-corrected chi connectivity index (χ4v) is 4.78. The third kappa shape index (κ3) is 4.22. The summed E-state index contributed by atoms with van der Waals surface area (Å²) in [5.74, 6) is -0.551. The number of rotatable bonds is 4. The van der Waals surface area contributed by atoms with Gasteiger partial charge in [0.25, 0.3) is 0 Å². The molecular weight excluding hydrogens is 415 g/mol. The van der Waals surface area contributed by atoms with Crippen LogP contribution >= 0.6 is 11.3 Å². The maximum atomic E-state index is 12.7. The second kappa shape index (κ2) is 6.92. The van der Waals surface area contributed by atoms with E-state index in [4.69, 9.17) is 0 Å². The van der Waals surface area contributed by atoms with Crippen molar-refractivity contribution in [3.8, 4) is 5.69 Å². The lowest BCUT2D eigenvalue weighted by Gasteiger charge is -2.14. The molecule has 0 aliphatic rings. The number of tetrazole rings is 1. The maximum absolute atomic E-state index is 12.7. The summed E-state index contributed by atoms with van der Waals surface area (Å²) in [6, 6.07) is 4.12. The van der Waals surface area contributed by atoms with Crippen LogP contribution in [0.1, 0.15) is 37.0 Å². The van der Waals surface area contributed by atoms with Gasteiger partial charge in [-0.25, -0.2) is 13.4 Å². The van der Waals surface area contributed by atoms with Crippen molar-refractivity contribution in [2.45, 2.75) is 42.5 Å². The normalized spacial score (nSPS) is 13.1. The van der Waals surface area contributed by atoms with E-state index >= 15 is 0 Å². The van der Waals surface area contributed by atoms with E-state index in [1.165, 1.54) is 18.3 Å². The number of nitrogens with zero attached hydrogens (tertiary/aromatic N) is 5. The summed E-state index contributed by atoms with van der Waals surface area (Å²) in [4.78, 5) is 4.82. The predicted molar refractivity (Wildman–Crippen MR) is 95.9 cm³/mol. The van der Waals surface area contributed by atoms with Crippen LogP contribution in [0.15, 0.2) is 34.8 Å². The largest absolute Gasteiger partial charge is 0.416 e. The molecule has 12 heteroatoms. The Balaban J connectivity index is 1.89. The molecule has 0 N–H and O–H groups in total. The van der Waals surface area contributed by atoms with Crippen molar-refractivity contribution in [1.82, 2.24) is 25.2 Å². The van der Waals surface area contributed by atoms with E-state index in [1.807, 2.05) is 20.8 Å². The van der Waals surface area contributed by atoms with Gasteiger partial charge < -0.3 is 0 Å². The number of alkyl halides is 3. The molecule has 28 heavy (non-hydrogen) atoms. The Morgan fingerprint density at radius 2 is 1.75 bits per heavy atom. The number of sulfone groups is 1. The average molecular weight is 431 g/mol. The predicted octanol–water partition coefficient (Wildman–Crippen LogP) is 3.41. The molecule has 2 aromatic heterocycles. The van der Waals surface area contributed by atoms with E-state index in [2.05, 4.69) is 20.5 Å². The monoisotopic (exact) mass is 431 g/mol. The molecule has 0 spiro atoms. The highest BCUT2D eigenvalue weighted by Crippen LogP contribution is 2.31. The van der Waals surface area contributed by atoms with E-state index < -0.39 is 27.3 Å². The summed E-state index contributed by atoms with van der Waals surface area (Å²) >= 11 is 1.07. The van der Waals surface area contributed by atoms with Crippen molar-refractivity contribution >= 4 is 21.2 Å². The van der Waals surface area contributed by atoms with Crippen LogP contribution in [0.5, 0.6) is 0 Å². The molecule has 0 saturated heterocycles. The van der Waals surface area contributed by atoms with Crippen LogP contribution in [0.3, 0.4) is 0 Å². The van der Waals surface area contributed by atoms with E-state index in [-0.39, 0.29) is 21.3 Å². The molecule has 0 fully saturated rings. The number of aromatic nitrogens is 5. The molecule has 1 aromatic carbocycles. The summed E-state index contributed by atoms with van der Waals surface area (Å²) in [5.41, 5.74) is -0.846. The third-order valence-corrected chi connectivity index (χ3v) is 7.29. The van der Waals surface area contributed by atoms with Crippen LogP contribution in [0.2, 0.25) is 0 Å². The Hall–Kier alpha value is -2.34. The van der Waals surface area contributed by atoms with Crippen LogP contribution in [0, 0.1) is 0 Å². The van der Waals surface area contributed by atoms with E-state index in [0.717, 1.165) is 33.0 Å². The molecule has 150 valence electrons. The lowest BCUT2D eigenvalue weighted by molar-refractivity contribution is -0.137. The Bertz CT molecular complexity index is 1080. The molecule has 3 rings (SSSR count). The third-order valence-electron chi connectivity index (χ3n) is 3.78. The molecule has 0 unspecified atom stereocenters. The molecule has 7 nitrogen and oxygen atoms in total. The summed E-state index contributed by atoms with van der Waals surface area (Å²) in [6.45, 7) is 5.84. The Morgan fingerprint density at radius 3 is 2.29 bits per heavy atom. The van der Waals surface area contributed by atoms with E-state index in [1.54, 1.807) is 0 Å². The van der Waals surface area contributed by atoms with Gasteiger partial charge in [-0.1, -0.05) is 20.8 Å². The first kappa shape index (κ1) is 20.4. The summed E-state index contributed by atoms with van der Waals surface area (Å²) < 4.78 is 64.6. The zero-order valence-corrected chi connectivity index (χ0v) is 16.7. The Morgan fingerprint density at radius 1 is 1.11 bits per heavy atom. The topological polar surface area (TPSA) is 90.6 Å². The highest BCUT2D eigenvalue weighted by atomic mass is 32.2. The lowest BCUT2D eigenvalue weighted by Crippen LogP contribution is -2.11. The van der Waals surface area contributed by atoms with Gasteiger partial charge in [-0.2, -0.15) is 17.9 Å². The molecule has 2 heterocycles. The molecule has 0 aliphatic carbocycles. The molecular formula is C16H16F3N5O2S2. The lowest BCUT2D eigenvalue weighted by atomic mass is 9.96. The van der Waals surface area contributed by atoms with Crippen molar-refractivity contribution in [3.63, 3.8) is 0 Å². The van der Waals surface area contributed by atoms with Crippen molar-refractivity contribution < 1.29 is 21.6 Å². The first-order chi connectivity index (χ1) is 12.9. The van der Waals surface area contributed by atoms with Crippen LogP contribution in [-0.2, 0) is 27.2 Å². The van der Waals surface area contributed by atoms with E-state index in [0.29, 0.717) is 0 Å². The molecule has 0 atom stereocenters. The Labute approximate surface area is 163 Å². The molecule has 0 aliphatic heterocycles. The smallest absolute Gasteiger partial charge is 0.233 e. The molecule has 3 aromatic rings. The van der Waals surface area contributed by atoms with Crippen LogP contribution in [0.4, 0.5) is 13.2 Å². The number of benzene rings is 1. The van der Waals surface area contributed by atoms with Crippen molar-refractivity contribution in [2.24, 2.45) is 0 Å². The first-order valence-electron chi connectivity index (χ1n) is 8.02. The second-order valence-corrected chi connectivity index (χ2v) is 10.2. The fourth-order valence-electron chi connectivity index (χ4n) is 2.27. The number of halogens is 3. The Kier molecular flexibility index (Phi) is 5.04. The first-order valence-corrected chi connectivity index (χ1v) is 10.5. The maximum Gasteiger partial charge on any atom is 0.416 e. The van der Waals surface area contributed by atoms with Gasteiger partial charge in [-0.15, -0.1) is 16.4 Å². The molecule has 0 amide bonds. The molecule has 0 bridgehead atoms. The van der Waals surface area contributed by atoms with Crippen LogP contribution in [0.25, 0.3) is 5.69 Å². The molecule has 0 radical (unpaired) electrons. The minimum atomic E-state index is -4.47. The zero-order valence-electron chi connectivity index (χ0n) is 15.1. The van der Waals surface area contributed by atoms with Crippen LogP contribution in [-0.4, -0.2) is 33.6 Å². The standard InChI is InChI=1S/C16H16F3N5O2S2/c1-15(2,3)12-8-20-14(27-12)28(25,26)9-13-21-22-23-24(13)11-6-4-10(5-7-11)16(17,18)19/h4-8H,9H2,1-3H3. The number of hydrogen-bond donors (Lipinski definition) is 0. The minimum Gasteiger partial charge on any atom is -0.233 e. The molecule has 0 saturated carbocycles. The minimum absolute atomic E-state index is 0.0210. The van der Waals surface area contributed by atoms with E-state index in [9.17, 15) is 21.6 Å². The number of hydrogen-bond acceptors (Lipinski definition) is 7. The average Bonchev–Trinajstić information content (AvgIpc) is 3.23. The summed E-state index contributed by atoms with van der Waals surface area (Å²) in [7, 11) is -3.82. The van der Waals surface area contributed by atoms with Gasteiger partial charge in [-0.05, 0) is 40.1 Å². The fraction of sp³-hybridized carbons (Fsp3) is 0.375. The van der Waals surface area contributed by atoms with Gasteiger partial charge in [0.2, 0.25) is 14.2 Å². The van der Waals surface area contributed by atoms with Crippen LogP contribution < -0.4 is 0 Å². The van der Waals surface area contributed by atoms with Gasteiger partial charge in [0.05, 0.1) is 11.3 Å².